The normalized spacial score (nSPS) is 10.3. The largest absolute Gasteiger partial charge is 0.497 e. The Morgan fingerprint density at radius 2 is 2.05 bits per heavy atom. The standard InChI is InChI=1S/C15H18N2O3/c1-4-17(15(18)14-9-11(2)16-20-14)10-12-5-7-13(19-3)8-6-12/h5-9H,4,10H2,1-3H3. The van der Waals surface area contributed by atoms with Crippen LogP contribution in [0.4, 0.5) is 0 Å². The number of rotatable bonds is 5. The van der Waals surface area contributed by atoms with Gasteiger partial charge in [0.2, 0.25) is 5.76 Å². The second kappa shape index (κ2) is 6.23. The quantitative estimate of drug-likeness (QED) is 0.841. The highest BCUT2D eigenvalue weighted by atomic mass is 16.5. The fourth-order valence-corrected chi connectivity index (χ4v) is 1.90. The van der Waals surface area contributed by atoms with E-state index in [1.807, 2.05) is 31.2 Å². The van der Waals surface area contributed by atoms with Gasteiger partial charge in [0.15, 0.2) is 0 Å². The zero-order chi connectivity index (χ0) is 14.5. The van der Waals surface area contributed by atoms with Crippen molar-refractivity contribution in [2.75, 3.05) is 13.7 Å². The number of amides is 1. The number of methoxy groups -OCH3 is 1. The predicted octanol–water partition coefficient (Wildman–Crippen LogP) is 2.65. The maximum absolute atomic E-state index is 12.3. The van der Waals surface area contributed by atoms with E-state index in [9.17, 15) is 4.79 Å². The Kier molecular flexibility index (Phi) is 4.40. The van der Waals surface area contributed by atoms with E-state index in [0.29, 0.717) is 18.8 Å². The average molecular weight is 274 g/mol. The molecule has 1 amide bonds. The van der Waals surface area contributed by atoms with Gasteiger partial charge in [-0.15, -0.1) is 0 Å². The van der Waals surface area contributed by atoms with Crippen LogP contribution in [0.1, 0.15) is 28.7 Å². The molecule has 106 valence electrons. The van der Waals surface area contributed by atoms with E-state index >= 15 is 0 Å². The summed E-state index contributed by atoms with van der Waals surface area (Å²) in [6, 6.07) is 9.30. The Morgan fingerprint density at radius 3 is 2.55 bits per heavy atom. The lowest BCUT2D eigenvalue weighted by atomic mass is 10.2. The maximum atomic E-state index is 12.3. The van der Waals surface area contributed by atoms with Crippen LogP contribution < -0.4 is 4.74 Å². The third-order valence-electron chi connectivity index (χ3n) is 3.04. The van der Waals surface area contributed by atoms with Gasteiger partial charge in [-0.3, -0.25) is 4.79 Å². The number of aromatic nitrogens is 1. The van der Waals surface area contributed by atoms with Crippen molar-refractivity contribution in [1.82, 2.24) is 10.1 Å². The van der Waals surface area contributed by atoms with Crippen LogP contribution >= 0.6 is 0 Å². The van der Waals surface area contributed by atoms with Gasteiger partial charge in [0.05, 0.1) is 12.8 Å². The molecule has 0 unspecified atom stereocenters. The van der Waals surface area contributed by atoms with Gasteiger partial charge in [-0.2, -0.15) is 0 Å². The van der Waals surface area contributed by atoms with Crippen LogP contribution in [0.3, 0.4) is 0 Å². The van der Waals surface area contributed by atoms with Crippen molar-refractivity contribution < 1.29 is 14.1 Å². The Bertz CT molecular complexity index is 575. The van der Waals surface area contributed by atoms with Crippen LogP contribution in [-0.4, -0.2) is 29.6 Å². The molecule has 1 heterocycles. The lowest BCUT2D eigenvalue weighted by molar-refractivity contribution is 0.0710. The SMILES string of the molecule is CCN(Cc1ccc(OC)cc1)C(=O)c1cc(C)no1. The first-order valence-corrected chi connectivity index (χ1v) is 6.49. The van der Waals surface area contributed by atoms with Gasteiger partial charge in [0, 0.05) is 19.2 Å². The molecule has 0 saturated carbocycles. The van der Waals surface area contributed by atoms with Crippen molar-refractivity contribution in [3.05, 3.63) is 47.3 Å². The Hall–Kier alpha value is -2.30. The number of hydrogen-bond donors (Lipinski definition) is 0. The van der Waals surface area contributed by atoms with E-state index in [2.05, 4.69) is 5.16 Å². The van der Waals surface area contributed by atoms with Crippen LogP contribution in [-0.2, 0) is 6.54 Å². The molecule has 0 spiro atoms. The summed E-state index contributed by atoms with van der Waals surface area (Å²) in [4.78, 5) is 14.0. The second-order valence-electron chi connectivity index (χ2n) is 4.50. The summed E-state index contributed by atoms with van der Waals surface area (Å²) in [6.45, 7) is 4.86. The number of aryl methyl sites for hydroxylation is 1. The molecule has 0 saturated heterocycles. The predicted molar refractivity (Wildman–Crippen MR) is 74.6 cm³/mol. The topological polar surface area (TPSA) is 55.6 Å². The van der Waals surface area contributed by atoms with Gasteiger partial charge in [-0.05, 0) is 31.5 Å². The minimum absolute atomic E-state index is 0.149. The van der Waals surface area contributed by atoms with Crippen LogP contribution in [0.25, 0.3) is 0 Å². The molecule has 0 aliphatic heterocycles. The van der Waals surface area contributed by atoms with E-state index in [0.717, 1.165) is 11.3 Å². The molecule has 5 nitrogen and oxygen atoms in total. The van der Waals surface area contributed by atoms with Gasteiger partial charge in [-0.1, -0.05) is 17.3 Å². The summed E-state index contributed by atoms with van der Waals surface area (Å²) in [5.41, 5.74) is 1.74. The highest BCUT2D eigenvalue weighted by Crippen LogP contribution is 2.15. The second-order valence-corrected chi connectivity index (χ2v) is 4.50. The highest BCUT2D eigenvalue weighted by Gasteiger charge is 2.18. The number of carbonyl (C=O) groups is 1. The average Bonchev–Trinajstić information content (AvgIpc) is 2.91. The van der Waals surface area contributed by atoms with Crippen molar-refractivity contribution in [2.45, 2.75) is 20.4 Å². The van der Waals surface area contributed by atoms with Gasteiger partial charge in [0.1, 0.15) is 5.75 Å². The minimum atomic E-state index is -0.149. The first kappa shape index (κ1) is 14.1. The summed E-state index contributed by atoms with van der Waals surface area (Å²) in [6.07, 6.45) is 0. The molecule has 2 aromatic rings. The maximum Gasteiger partial charge on any atom is 0.292 e. The van der Waals surface area contributed by atoms with Gasteiger partial charge >= 0.3 is 0 Å². The van der Waals surface area contributed by atoms with E-state index in [-0.39, 0.29) is 11.7 Å². The summed E-state index contributed by atoms with van der Waals surface area (Å²) in [5.74, 6) is 0.927. The molecule has 0 radical (unpaired) electrons. The highest BCUT2D eigenvalue weighted by molar-refractivity contribution is 5.91. The fourth-order valence-electron chi connectivity index (χ4n) is 1.90. The third kappa shape index (κ3) is 3.17. The summed E-state index contributed by atoms with van der Waals surface area (Å²) in [5, 5.41) is 3.75. The Labute approximate surface area is 118 Å². The molecule has 1 aromatic heterocycles. The summed E-state index contributed by atoms with van der Waals surface area (Å²) < 4.78 is 10.1. The van der Waals surface area contributed by atoms with E-state index in [1.165, 1.54) is 0 Å². The molecule has 5 heteroatoms. The number of hydrogen-bond acceptors (Lipinski definition) is 4. The van der Waals surface area contributed by atoms with Crippen molar-refractivity contribution in [2.24, 2.45) is 0 Å². The van der Waals surface area contributed by atoms with Crippen LogP contribution in [0.5, 0.6) is 5.75 Å². The molecule has 0 N–H and O–H groups in total. The number of benzene rings is 1. The minimum Gasteiger partial charge on any atom is -0.497 e. The van der Waals surface area contributed by atoms with Crippen molar-refractivity contribution in [3.63, 3.8) is 0 Å². The molecule has 0 bridgehead atoms. The Morgan fingerprint density at radius 1 is 1.35 bits per heavy atom. The van der Waals surface area contributed by atoms with E-state index in [4.69, 9.17) is 9.26 Å². The van der Waals surface area contributed by atoms with E-state index in [1.54, 1.807) is 25.0 Å². The van der Waals surface area contributed by atoms with E-state index < -0.39 is 0 Å². The lowest BCUT2D eigenvalue weighted by Crippen LogP contribution is -2.30. The molecule has 0 aliphatic rings. The molecule has 20 heavy (non-hydrogen) atoms. The Balaban J connectivity index is 2.09. The van der Waals surface area contributed by atoms with Gasteiger partial charge in [-0.25, -0.2) is 0 Å². The zero-order valence-electron chi connectivity index (χ0n) is 11.9. The molecular weight excluding hydrogens is 256 g/mol. The molecule has 0 aliphatic carbocycles. The molecule has 1 aromatic carbocycles. The van der Waals surface area contributed by atoms with Crippen molar-refractivity contribution in [1.29, 1.82) is 0 Å². The monoisotopic (exact) mass is 274 g/mol. The molecule has 2 rings (SSSR count). The number of carbonyl (C=O) groups excluding carboxylic acids is 1. The summed E-state index contributed by atoms with van der Waals surface area (Å²) >= 11 is 0. The molecular formula is C15H18N2O3. The van der Waals surface area contributed by atoms with Gasteiger partial charge < -0.3 is 14.2 Å². The van der Waals surface area contributed by atoms with Crippen LogP contribution in [0, 0.1) is 6.92 Å². The lowest BCUT2D eigenvalue weighted by Gasteiger charge is -2.19. The number of nitrogens with zero attached hydrogens (tertiary/aromatic N) is 2. The molecule has 0 fully saturated rings. The zero-order valence-corrected chi connectivity index (χ0v) is 11.9. The number of ether oxygens (including phenoxy) is 1. The van der Waals surface area contributed by atoms with Gasteiger partial charge in [0.25, 0.3) is 5.91 Å². The van der Waals surface area contributed by atoms with Crippen molar-refractivity contribution in [3.8, 4) is 5.75 Å². The molecule has 0 atom stereocenters. The van der Waals surface area contributed by atoms with Crippen LogP contribution in [0.15, 0.2) is 34.9 Å². The van der Waals surface area contributed by atoms with Crippen molar-refractivity contribution >= 4 is 5.91 Å². The fraction of sp³-hybridized carbons (Fsp3) is 0.333. The smallest absolute Gasteiger partial charge is 0.292 e. The summed E-state index contributed by atoms with van der Waals surface area (Å²) in [7, 11) is 1.63. The van der Waals surface area contributed by atoms with Crippen LogP contribution in [0.2, 0.25) is 0 Å². The first-order chi connectivity index (χ1) is 9.63. The first-order valence-electron chi connectivity index (χ1n) is 6.49. The third-order valence-corrected chi connectivity index (χ3v) is 3.04.